The first-order valence-electron chi connectivity index (χ1n) is 4.25. The number of rotatable bonds is 6. The molecular weight excluding hydrogens is 202 g/mol. The van der Waals surface area contributed by atoms with E-state index in [0.717, 1.165) is 0 Å². The number of amides is 1. The average molecular weight is 217 g/mol. The van der Waals surface area contributed by atoms with Crippen LogP contribution in [0.2, 0.25) is 0 Å². The minimum absolute atomic E-state index is 0.364. The van der Waals surface area contributed by atoms with Gasteiger partial charge in [0.1, 0.15) is 0 Å². The summed E-state index contributed by atoms with van der Waals surface area (Å²) in [5, 5.41) is 8.39. The van der Waals surface area contributed by atoms with Crippen LogP contribution >= 0.6 is 0 Å². The lowest BCUT2D eigenvalue weighted by Crippen LogP contribution is -2.52. The van der Waals surface area contributed by atoms with Crippen molar-refractivity contribution in [2.75, 3.05) is 0 Å². The monoisotopic (exact) mass is 217 g/mol. The maximum Gasteiger partial charge on any atom is 0.305 e. The zero-order chi connectivity index (χ0) is 12.2. The molecule has 0 aromatic heterocycles. The Labute approximate surface area is 86.6 Å². The van der Waals surface area contributed by atoms with Crippen LogP contribution in [0.3, 0.4) is 0 Å². The van der Waals surface area contributed by atoms with Crippen molar-refractivity contribution in [1.82, 2.24) is 0 Å². The van der Waals surface area contributed by atoms with Crippen LogP contribution in [0.25, 0.3) is 0 Å². The van der Waals surface area contributed by atoms with E-state index in [1.165, 1.54) is 6.92 Å². The number of carbonyl (C=O) groups excluding carboxylic acids is 2. The van der Waals surface area contributed by atoms with Gasteiger partial charge in [-0.1, -0.05) is 0 Å². The number of hydrogen-bond donors (Lipinski definition) is 4. The average Bonchev–Trinajstić information content (AvgIpc) is 2.01. The summed E-state index contributed by atoms with van der Waals surface area (Å²) in [5.74, 6) is -2.62. The highest BCUT2D eigenvalue weighted by Gasteiger charge is 2.31. The first kappa shape index (κ1) is 13.5. The maximum atomic E-state index is 11.3. The zero-order valence-corrected chi connectivity index (χ0v) is 8.40. The van der Waals surface area contributed by atoms with Crippen molar-refractivity contribution in [2.24, 2.45) is 17.2 Å². The number of carboxylic acid groups (broad SMARTS) is 1. The third-order valence-electron chi connectivity index (χ3n) is 1.91. The van der Waals surface area contributed by atoms with E-state index in [0.29, 0.717) is 0 Å². The zero-order valence-electron chi connectivity index (χ0n) is 8.40. The number of carboxylic acids is 1. The van der Waals surface area contributed by atoms with Gasteiger partial charge in [-0.2, -0.15) is 0 Å². The molecule has 0 rings (SSSR count). The van der Waals surface area contributed by atoms with Gasteiger partial charge in [0.05, 0.1) is 18.0 Å². The molecule has 0 aliphatic heterocycles. The SMILES string of the molecule is CC(N)(CC(=O)[C@@H](N)CC(=O)O)C(N)=O. The molecule has 1 unspecified atom stereocenters. The van der Waals surface area contributed by atoms with E-state index in [9.17, 15) is 14.4 Å². The first-order valence-corrected chi connectivity index (χ1v) is 4.25. The summed E-state index contributed by atoms with van der Waals surface area (Å²) in [5.41, 5.74) is 14.2. The molecule has 86 valence electrons. The molecule has 0 saturated carbocycles. The van der Waals surface area contributed by atoms with Gasteiger partial charge in [-0.3, -0.25) is 14.4 Å². The van der Waals surface area contributed by atoms with Gasteiger partial charge in [-0.05, 0) is 6.92 Å². The summed E-state index contributed by atoms with van der Waals surface area (Å²) < 4.78 is 0. The van der Waals surface area contributed by atoms with E-state index >= 15 is 0 Å². The Hall–Kier alpha value is -1.47. The third-order valence-corrected chi connectivity index (χ3v) is 1.91. The maximum absolute atomic E-state index is 11.3. The normalized spacial score (nSPS) is 16.5. The lowest BCUT2D eigenvalue weighted by atomic mass is 9.92. The lowest BCUT2D eigenvalue weighted by molar-refractivity contribution is -0.139. The summed E-state index contributed by atoms with van der Waals surface area (Å²) in [4.78, 5) is 32.4. The second-order valence-electron chi connectivity index (χ2n) is 3.63. The molecular formula is C8H15N3O4. The fourth-order valence-corrected chi connectivity index (χ4v) is 0.882. The molecule has 0 aliphatic rings. The molecule has 7 N–H and O–H groups in total. The minimum Gasteiger partial charge on any atom is -0.481 e. The molecule has 2 atom stereocenters. The summed E-state index contributed by atoms with van der Waals surface area (Å²) in [7, 11) is 0. The number of primary amides is 1. The predicted octanol–water partition coefficient (Wildman–Crippen LogP) is -2.05. The molecule has 15 heavy (non-hydrogen) atoms. The van der Waals surface area contributed by atoms with Crippen LogP contribution in [0.4, 0.5) is 0 Å². The van der Waals surface area contributed by atoms with E-state index in [4.69, 9.17) is 22.3 Å². The van der Waals surface area contributed by atoms with E-state index in [1.807, 2.05) is 0 Å². The molecule has 0 aromatic rings. The highest BCUT2D eigenvalue weighted by Crippen LogP contribution is 2.07. The second-order valence-corrected chi connectivity index (χ2v) is 3.63. The van der Waals surface area contributed by atoms with Gasteiger partial charge in [-0.25, -0.2) is 0 Å². The Bertz CT molecular complexity index is 288. The molecule has 0 aliphatic carbocycles. The van der Waals surface area contributed by atoms with Crippen LogP contribution in [0.5, 0.6) is 0 Å². The summed E-state index contributed by atoms with van der Waals surface area (Å²) in [6, 6.07) is -1.16. The van der Waals surface area contributed by atoms with Gasteiger partial charge in [0.2, 0.25) is 5.91 Å². The number of ketones is 1. The van der Waals surface area contributed by atoms with Crippen LogP contribution in [0.1, 0.15) is 19.8 Å². The van der Waals surface area contributed by atoms with E-state index in [1.54, 1.807) is 0 Å². The van der Waals surface area contributed by atoms with Gasteiger partial charge in [-0.15, -0.1) is 0 Å². The van der Waals surface area contributed by atoms with Crippen molar-refractivity contribution < 1.29 is 19.5 Å². The van der Waals surface area contributed by atoms with Gasteiger partial charge in [0, 0.05) is 6.42 Å². The van der Waals surface area contributed by atoms with Gasteiger partial charge in [0.15, 0.2) is 5.78 Å². The molecule has 0 spiro atoms. The van der Waals surface area contributed by atoms with Gasteiger partial charge in [0.25, 0.3) is 0 Å². The summed E-state index contributed by atoms with van der Waals surface area (Å²) in [6.07, 6.45) is -0.857. The van der Waals surface area contributed by atoms with Crippen molar-refractivity contribution in [1.29, 1.82) is 0 Å². The van der Waals surface area contributed by atoms with Crippen LogP contribution in [0, 0.1) is 0 Å². The smallest absolute Gasteiger partial charge is 0.305 e. The fraction of sp³-hybridized carbons (Fsp3) is 0.625. The van der Waals surface area contributed by atoms with Crippen LogP contribution < -0.4 is 17.2 Å². The van der Waals surface area contributed by atoms with E-state index in [2.05, 4.69) is 0 Å². The van der Waals surface area contributed by atoms with Gasteiger partial charge >= 0.3 is 5.97 Å². The number of nitrogens with two attached hydrogens (primary N) is 3. The van der Waals surface area contributed by atoms with Crippen molar-refractivity contribution >= 4 is 17.7 Å². The molecule has 0 bridgehead atoms. The second kappa shape index (κ2) is 4.85. The molecule has 7 nitrogen and oxygen atoms in total. The summed E-state index contributed by atoms with van der Waals surface area (Å²) >= 11 is 0. The number of carbonyl (C=O) groups is 3. The Kier molecular flexibility index (Phi) is 4.38. The highest BCUT2D eigenvalue weighted by molar-refractivity contribution is 5.94. The fourth-order valence-electron chi connectivity index (χ4n) is 0.882. The van der Waals surface area contributed by atoms with E-state index in [-0.39, 0.29) is 6.42 Å². The lowest BCUT2D eigenvalue weighted by Gasteiger charge is -2.20. The number of hydrogen-bond acceptors (Lipinski definition) is 5. The quantitative estimate of drug-likeness (QED) is 0.402. The van der Waals surface area contributed by atoms with Crippen LogP contribution in [-0.2, 0) is 14.4 Å². The molecule has 0 radical (unpaired) electrons. The molecule has 0 heterocycles. The Morgan fingerprint density at radius 2 is 1.87 bits per heavy atom. The van der Waals surface area contributed by atoms with Crippen LogP contribution in [-0.4, -0.2) is 34.3 Å². The summed E-state index contributed by atoms with van der Waals surface area (Å²) in [6.45, 7) is 1.29. The molecule has 0 fully saturated rings. The standard InChI is InChI=1S/C8H15N3O4/c1-8(11,7(10)15)3-5(12)4(9)2-6(13)14/h4H,2-3,9,11H2,1H3,(H2,10,15)(H,13,14)/t4-,8?/m0/s1. The largest absolute Gasteiger partial charge is 0.481 e. The Balaban J connectivity index is 4.36. The number of aliphatic carboxylic acids is 1. The molecule has 1 amide bonds. The number of Topliss-reactive ketones (excluding diaryl/α,β-unsaturated/α-hetero) is 1. The van der Waals surface area contributed by atoms with Crippen molar-refractivity contribution in [3.63, 3.8) is 0 Å². The molecule has 0 aromatic carbocycles. The third kappa shape index (κ3) is 4.52. The van der Waals surface area contributed by atoms with Crippen molar-refractivity contribution in [3.05, 3.63) is 0 Å². The topological polar surface area (TPSA) is 150 Å². The predicted molar refractivity (Wildman–Crippen MR) is 51.6 cm³/mol. The van der Waals surface area contributed by atoms with Gasteiger partial charge < -0.3 is 22.3 Å². The van der Waals surface area contributed by atoms with Crippen molar-refractivity contribution in [2.45, 2.75) is 31.3 Å². The Morgan fingerprint density at radius 1 is 1.40 bits per heavy atom. The minimum atomic E-state index is -1.49. The van der Waals surface area contributed by atoms with Crippen LogP contribution in [0.15, 0.2) is 0 Å². The molecule has 0 saturated heterocycles. The Morgan fingerprint density at radius 3 is 2.20 bits per heavy atom. The van der Waals surface area contributed by atoms with E-state index < -0.39 is 35.7 Å². The molecule has 7 heteroatoms. The first-order chi connectivity index (χ1) is 6.66. The van der Waals surface area contributed by atoms with Crippen molar-refractivity contribution in [3.8, 4) is 0 Å². The highest BCUT2D eigenvalue weighted by atomic mass is 16.4.